The molecule has 1 aliphatic rings. The van der Waals surface area contributed by atoms with Crippen molar-refractivity contribution in [3.05, 3.63) is 23.8 Å². The van der Waals surface area contributed by atoms with E-state index < -0.39 is 0 Å². The number of hydrogen-bond acceptors (Lipinski definition) is 4. The van der Waals surface area contributed by atoms with E-state index in [1.54, 1.807) is 23.1 Å². The number of carbonyl (C=O) groups is 2. The predicted octanol–water partition coefficient (Wildman–Crippen LogP) is 1.25. The van der Waals surface area contributed by atoms with Gasteiger partial charge in [0.25, 0.3) is 11.8 Å². The largest absolute Gasteiger partial charge is 0.482 e. The van der Waals surface area contributed by atoms with E-state index in [1.165, 1.54) is 0 Å². The number of fused-ring (bicyclic) bond motifs is 1. The van der Waals surface area contributed by atoms with Gasteiger partial charge in [-0.15, -0.1) is 0 Å². The van der Waals surface area contributed by atoms with Crippen LogP contribution < -0.4 is 10.1 Å². The SMILES string of the molecule is CC(C)N(CCCO)C(=O)c1ccc2c(c1)NC(=O)CO2. The molecule has 114 valence electrons. The van der Waals surface area contributed by atoms with Crippen molar-refractivity contribution in [2.24, 2.45) is 0 Å². The number of ether oxygens (including phenoxy) is 1. The van der Waals surface area contributed by atoms with Crippen LogP contribution in [0.4, 0.5) is 5.69 Å². The van der Waals surface area contributed by atoms with Crippen LogP contribution >= 0.6 is 0 Å². The lowest BCUT2D eigenvalue weighted by Gasteiger charge is -2.27. The Labute approximate surface area is 123 Å². The first kappa shape index (κ1) is 15.3. The van der Waals surface area contributed by atoms with Crippen LogP contribution in [-0.2, 0) is 4.79 Å². The summed E-state index contributed by atoms with van der Waals surface area (Å²) < 4.78 is 5.27. The second kappa shape index (κ2) is 6.58. The van der Waals surface area contributed by atoms with Crippen LogP contribution in [0.15, 0.2) is 18.2 Å². The molecule has 2 rings (SSSR count). The number of benzene rings is 1. The highest BCUT2D eigenvalue weighted by Gasteiger charge is 2.22. The van der Waals surface area contributed by atoms with E-state index in [1.807, 2.05) is 13.8 Å². The fourth-order valence-electron chi connectivity index (χ4n) is 2.22. The van der Waals surface area contributed by atoms with Gasteiger partial charge in [-0.25, -0.2) is 0 Å². The minimum absolute atomic E-state index is 0.00505. The Hall–Kier alpha value is -2.08. The number of rotatable bonds is 5. The van der Waals surface area contributed by atoms with E-state index in [2.05, 4.69) is 5.32 Å². The number of nitrogens with one attached hydrogen (secondary N) is 1. The van der Waals surface area contributed by atoms with E-state index in [0.717, 1.165) is 0 Å². The van der Waals surface area contributed by atoms with Gasteiger partial charge in [-0.1, -0.05) is 0 Å². The molecule has 0 fully saturated rings. The van der Waals surface area contributed by atoms with Crippen LogP contribution in [-0.4, -0.2) is 47.6 Å². The molecule has 1 heterocycles. The molecule has 0 saturated carbocycles. The van der Waals surface area contributed by atoms with Crippen molar-refractivity contribution >= 4 is 17.5 Å². The summed E-state index contributed by atoms with van der Waals surface area (Å²) in [4.78, 5) is 25.6. The first-order valence-electron chi connectivity index (χ1n) is 7.01. The number of anilines is 1. The molecule has 0 atom stereocenters. The van der Waals surface area contributed by atoms with Gasteiger partial charge in [0.2, 0.25) is 0 Å². The smallest absolute Gasteiger partial charge is 0.262 e. The molecule has 2 amide bonds. The molecule has 21 heavy (non-hydrogen) atoms. The molecular weight excluding hydrogens is 272 g/mol. The highest BCUT2D eigenvalue weighted by atomic mass is 16.5. The molecule has 0 aliphatic carbocycles. The van der Waals surface area contributed by atoms with Crippen molar-refractivity contribution in [1.29, 1.82) is 0 Å². The average Bonchev–Trinajstić information content (AvgIpc) is 2.46. The summed E-state index contributed by atoms with van der Waals surface area (Å²) in [7, 11) is 0. The Morgan fingerprint density at radius 2 is 2.24 bits per heavy atom. The predicted molar refractivity (Wildman–Crippen MR) is 78.4 cm³/mol. The maximum absolute atomic E-state index is 12.6. The second-order valence-corrected chi connectivity index (χ2v) is 5.22. The van der Waals surface area contributed by atoms with E-state index in [-0.39, 0.29) is 31.1 Å². The van der Waals surface area contributed by atoms with Gasteiger partial charge < -0.3 is 20.1 Å². The van der Waals surface area contributed by atoms with E-state index >= 15 is 0 Å². The van der Waals surface area contributed by atoms with Crippen LogP contribution in [0.3, 0.4) is 0 Å². The fourth-order valence-corrected chi connectivity index (χ4v) is 2.22. The number of carbonyl (C=O) groups excluding carboxylic acids is 2. The minimum Gasteiger partial charge on any atom is -0.482 e. The molecule has 0 bridgehead atoms. The standard InChI is InChI=1S/C15H20N2O4/c1-10(2)17(6-3-7-18)15(20)11-4-5-13-12(8-11)16-14(19)9-21-13/h4-5,8,10,18H,3,6-7,9H2,1-2H3,(H,16,19). The maximum atomic E-state index is 12.6. The summed E-state index contributed by atoms with van der Waals surface area (Å²) in [6, 6.07) is 5.04. The van der Waals surface area contributed by atoms with Gasteiger partial charge in [0.1, 0.15) is 5.75 Å². The highest BCUT2D eigenvalue weighted by Crippen LogP contribution is 2.29. The van der Waals surface area contributed by atoms with Gasteiger partial charge in [0.05, 0.1) is 5.69 Å². The fraction of sp³-hybridized carbons (Fsp3) is 0.467. The Kier molecular flexibility index (Phi) is 4.80. The normalized spacial score (nSPS) is 13.4. The third-order valence-corrected chi connectivity index (χ3v) is 3.30. The van der Waals surface area contributed by atoms with Crippen molar-refractivity contribution in [3.63, 3.8) is 0 Å². The minimum atomic E-state index is -0.229. The number of aliphatic hydroxyl groups excluding tert-OH is 1. The Morgan fingerprint density at radius 1 is 1.48 bits per heavy atom. The molecular formula is C15H20N2O4. The Bertz CT molecular complexity index is 542. The molecule has 1 aliphatic heterocycles. The Morgan fingerprint density at radius 3 is 2.90 bits per heavy atom. The lowest BCUT2D eigenvalue weighted by atomic mass is 10.1. The summed E-state index contributed by atoms with van der Waals surface area (Å²) in [6.07, 6.45) is 0.536. The average molecular weight is 292 g/mol. The lowest BCUT2D eigenvalue weighted by Crippen LogP contribution is -2.38. The van der Waals surface area contributed by atoms with E-state index in [4.69, 9.17) is 9.84 Å². The van der Waals surface area contributed by atoms with Gasteiger partial charge in [-0.3, -0.25) is 9.59 Å². The summed E-state index contributed by atoms with van der Waals surface area (Å²) in [5.41, 5.74) is 1.01. The van der Waals surface area contributed by atoms with E-state index in [9.17, 15) is 9.59 Å². The monoisotopic (exact) mass is 292 g/mol. The third-order valence-electron chi connectivity index (χ3n) is 3.30. The first-order chi connectivity index (χ1) is 10.0. The van der Waals surface area contributed by atoms with Crippen LogP contribution in [0.5, 0.6) is 5.75 Å². The molecule has 1 aromatic carbocycles. The highest BCUT2D eigenvalue weighted by molar-refractivity contribution is 5.99. The van der Waals surface area contributed by atoms with Crippen LogP contribution in [0, 0.1) is 0 Å². The molecule has 0 saturated heterocycles. The number of aliphatic hydroxyl groups is 1. The summed E-state index contributed by atoms with van der Waals surface area (Å²) in [5, 5.41) is 11.6. The van der Waals surface area contributed by atoms with Crippen LogP contribution in [0.2, 0.25) is 0 Å². The van der Waals surface area contributed by atoms with Gasteiger partial charge >= 0.3 is 0 Å². The maximum Gasteiger partial charge on any atom is 0.262 e. The summed E-state index contributed by atoms with van der Waals surface area (Å²) >= 11 is 0. The third kappa shape index (κ3) is 3.52. The number of amides is 2. The quantitative estimate of drug-likeness (QED) is 0.856. The topological polar surface area (TPSA) is 78.9 Å². The molecule has 0 radical (unpaired) electrons. The zero-order chi connectivity index (χ0) is 15.4. The number of hydrogen-bond donors (Lipinski definition) is 2. The van der Waals surface area contributed by atoms with Crippen molar-refractivity contribution in [3.8, 4) is 5.75 Å². The summed E-state index contributed by atoms with van der Waals surface area (Å²) in [6.45, 7) is 4.39. The van der Waals surface area contributed by atoms with Gasteiger partial charge in [-0.05, 0) is 38.5 Å². The van der Waals surface area contributed by atoms with Crippen molar-refractivity contribution in [2.45, 2.75) is 26.3 Å². The van der Waals surface area contributed by atoms with Crippen molar-refractivity contribution < 1.29 is 19.4 Å². The molecule has 2 N–H and O–H groups in total. The van der Waals surface area contributed by atoms with Gasteiger partial charge in [0, 0.05) is 24.8 Å². The molecule has 0 unspecified atom stereocenters. The van der Waals surface area contributed by atoms with Crippen LogP contribution in [0.1, 0.15) is 30.6 Å². The molecule has 6 nitrogen and oxygen atoms in total. The Balaban J connectivity index is 2.21. The number of nitrogens with zero attached hydrogens (tertiary/aromatic N) is 1. The molecule has 0 spiro atoms. The molecule has 0 aromatic heterocycles. The van der Waals surface area contributed by atoms with Gasteiger partial charge in [0.15, 0.2) is 6.61 Å². The zero-order valence-corrected chi connectivity index (χ0v) is 12.3. The molecule has 6 heteroatoms. The van der Waals surface area contributed by atoms with E-state index in [0.29, 0.717) is 30.0 Å². The summed E-state index contributed by atoms with van der Waals surface area (Å²) in [5.74, 6) is 0.215. The molecule has 1 aromatic rings. The zero-order valence-electron chi connectivity index (χ0n) is 12.3. The van der Waals surface area contributed by atoms with Crippen molar-refractivity contribution in [2.75, 3.05) is 25.1 Å². The van der Waals surface area contributed by atoms with Crippen LogP contribution in [0.25, 0.3) is 0 Å². The second-order valence-electron chi connectivity index (χ2n) is 5.22. The lowest BCUT2D eigenvalue weighted by molar-refractivity contribution is -0.118. The first-order valence-corrected chi connectivity index (χ1v) is 7.01. The van der Waals surface area contributed by atoms with Gasteiger partial charge in [-0.2, -0.15) is 0 Å². The van der Waals surface area contributed by atoms with Crippen molar-refractivity contribution in [1.82, 2.24) is 4.90 Å².